The highest BCUT2D eigenvalue weighted by molar-refractivity contribution is 14.1. The second-order valence-electron chi connectivity index (χ2n) is 7.56. The van der Waals surface area contributed by atoms with E-state index in [1.165, 1.54) is 31.4 Å². The number of halogens is 2. The van der Waals surface area contributed by atoms with Gasteiger partial charge in [0.15, 0.2) is 11.5 Å². The molecule has 7 heteroatoms. The van der Waals surface area contributed by atoms with Gasteiger partial charge < -0.3 is 14.8 Å². The molecule has 0 spiro atoms. The molecule has 0 fully saturated rings. The van der Waals surface area contributed by atoms with Gasteiger partial charge in [-0.25, -0.2) is 4.39 Å². The third-order valence-electron chi connectivity index (χ3n) is 5.30. The smallest absolute Gasteiger partial charge is 0.266 e. The summed E-state index contributed by atoms with van der Waals surface area (Å²) in [5.41, 5.74) is 1.45. The average molecular weight is 578 g/mol. The first-order chi connectivity index (χ1) is 17.0. The van der Waals surface area contributed by atoms with Crippen molar-refractivity contribution in [1.82, 2.24) is 0 Å². The Morgan fingerprint density at radius 1 is 1.09 bits per heavy atom. The normalized spacial score (nSPS) is 11.1. The van der Waals surface area contributed by atoms with E-state index in [0.29, 0.717) is 23.7 Å². The first-order valence-corrected chi connectivity index (χ1v) is 11.7. The summed E-state index contributed by atoms with van der Waals surface area (Å²) in [5.74, 6) is -0.257. The van der Waals surface area contributed by atoms with Crippen molar-refractivity contribution in [3.05, 3.63) is 105 Å². The van der Waals surface area contributed by atoms with Crippen molar-refractivity contribution in [3.8, 4) is 17.6 Å². The lowest BCUT2D eigenvalue weighted by atomic mass is 10.1. The van der Waals surface area contributed by atoms with Gasteiger partial charge in [-0.2, -0.15) is 5.26 Å². The molecular weight excluding hydrogens is 558 g/mol. The lowest BCUT2D eigenvalue weighted by Gasteiger charge is -2.15. The monoisotopic (exact) mass is 578 g/mol. The lowest BCUT2D eigenvalue weighted by molar-refractivity contribution is -0.112. The Morgan fingerprint density at radius 2 is 1.83 bits per heavy atom. The lowest BCUT2D eigenvalue weighted by Crippen LogP contribution is -2.14. The second-order valence-corrected chi connectivity index (χ2v) is 8.73. The predicted octanol–water partition coefficient (Wildman–Crippen LogP) is 6.72. The number of nitrogens with one attached hydrogen (secondary N) is 1. The largest absolute Gasteiger partial charge is 0.493 e. The Morgan fingerprint density at radius 3 is 2.60 bits per heavy atom. The average Bonchev–Trinajstić information content (AvgIpc) is 2.87. The number of hydrogen-bond donors (Lipinski definition) is 1. The molecule has 0 bridgehead atoms. The van der Waals surface area contributed by atoms with Crippen molar-refractivity contribution in [2.24, 2.45) is 0 Å². The SMILES string of the molecule is COc1cc(/C=C(/C#N)C(=O)Nc2ccccc2F)cc(I)c1OCc1cccc2ccccc12. The molecule has 0 saturated carbocycles. The molecule has 35 heavy (non-hydrogen) atoms. The number of fused-ring (bicyclic) bond motifs is 1. The quantitative estimate of drug-likeness (QED) is 0.150. The number of anilines is 1. The van der Waals surface area contributed by atoms with Crippen LogP contribution in [0.15, 0.2) is 84.4 Å². The molecular formula is C28H20FIN2O3. The first-order valence-electron chi connectivity index (χ1n) is 10.6. The molecule has 0 unspecified atom stereocenters. The van der Waals surface area contributed by atoms with Crippen LogP contribution in [0.5, 0.6) is 11.5 Å². The summed E-state index contributed by atoms with van der Waals surface area (Å²) < 4.78 is 26.3. The summed E-state index contributed by atoms with van der Waals surface area (Å²) >= 11 is 2.13. The minimum atomic E-state index is -0.706. The Balaban J connectivity index is 1.58. The molecule has 0 aliphatic carbocycles. The van der Waals surface area contributed by atoms with Gasteiger partial charge in [0.05, 0.1) is 16.4 Å². The van der Waals surface area contributed by atoms with Crippen molar-refractivity contribution in [2.75, 3.05) is 12.4 Å². The highest BCUT2D eigenvalue weighted by atomic mass is 127. The van der Waals surface area contributed by atoms with Crippen LogP contribution in [0.1, 0.15) is 11.1 Å². The molecule has 1 amide bonds. The highest BCUT2D eigenvalue weighted by Gasteiger charge is 2.15. The predicted molar refractivity (Wildman–Crippen MR) is 143 cm³/mol. The van der Waals surface area contributed by atoms with Crippen LogP contribution in [0.25, 0.3) is 16.8 Å². The number of nitrogens with zero attached hydrogens (tertiary/aromatic N) is 1. The number of para-hydroxylation sites is 1. The minimum absolute atomic E-state index is 0.00277. The van der Waals surface area contributed by atoms with Gasteiger partial charge in [0.2, 0.25) is 0 Å². The molecule has 0 saturated heterocycles. The third kappa shape index (κ3) is 5.61. The maximum atomic E-state index is 13.9. The van der Waals surface area contributed by atoms with Crippen LogP contribution in [-0.2, 0) is 11.4 Å². The zero-order valence-corrected chi connectivity index (χ0v) is 20.9. The number of rotatable bonds is 7. The number of benzene rings is 4. The van der Waals surface area contributed by atoms with Crippen molar-refractivity contribution >= 4 is 51.0 Å². The van der Waals surface area contributed by atoms with E-state index < -0.39 is 11.7 Å². The van der Waals surface area contributed by atoms with Crippen LogP contribution < -0.4 is 14.8 Å². The number of nitriles is 1. The molecule has 4 rings (SSSR count). The van der Waals surface area contributed by atoms with E-state index in [1.54, 1.807) is 18.2 Å². The van der Waals surface area contributed by atoms with Gasteiger partial charge in [-0.3, -0.25) is 4.79 Å². The summed E-state index contributed by atoms with van der Waals surface area (Å²) in [4.78, 5) is 12.5. The van der Waals surface area contributed by atoms with Crippen molar-refractivity contribution in [1.29, 1.82) is 5.26 Å². The molecule has 174 valence electrons. The zero-order chi connectivity index (χ0) is 24.8. The fraction of sp³-hybridized carbons (Fsp3) is 0.0714. The molecule has 0 aliphatic heterocycles. The van der Waals surface area contributed by atoms with Gasteiger partial charge in [0, 0.05) is 0 Å². The summed E-state index contributed by atoms with van der Waals surface area (Å²) in [6, 6.07) is 25.3. The molecule has 4 aromatic rings. The van der Waals surface area contributed by atoms with E-state index in [9.17, 15) is 14.4 Å². The van der Waals surface area contributed by atoms with E-state index in [2.05, 4.69) is 46.1 Å². The summed E-state index contributed by atoms with van der Waals surface area (Å²) in [7, 11) is 1.53. The van der Waals surface area contributed by atoms with Crippen molar-refractivity contribution in [2.45, 2.75) is 6.61 Å². The standard InChI is InChI=1S/C28H20FIN2O3/c1-34-26-15-18(13-21(16-31)28(33)32-25-12-5-4-11-23(25)29)14-24(30)27(26)35-17-20-9-6-8-19-7-2-3-10-22(19)20/h2-15H,17H2,1H3,(H,32,33)/b21-13-. The summed E-state index contributed by atoms with van der Waals surface area (Å²) in [6.07, 6.45) is 1.43. The van der Waals surface area contributed by atoms with Crippen LogP contribution in [0.2, 0.25) is 0 Å². The zero-order valence-electron chi connectivity index (χ0n) is 18.7. The molecule has 0 atom stereocenters. The van der Waals surface area contributed by atoms with Crippen molar-refractivity contribution in [3.63, 3.8) is 0 Å². The fourth-order valence-corrected chi connectivity index (χ4v) is 4.38. The molecule has 0 radical (unpaired) electrons. The van der Waals surface area contributed by atoms with Gasteiger partial charge in [-0.15, -0.1) is 0 Å². The van der Waals surface area contributed by atoms with Crippen LogP contribution in [0.3, 0.4) is 0 Å². The van der Waals surface area contributed by atoms with E-state index in [0.717, 1.165) is 19.9 Å². The number of carbonyl (C=O) groups excluding carboxylic acids is 1. The molecule has 0 aromatic heterocycles. The number of hydrogen-bond acceptors (Lipinski definition) is 4. The first kappa shape index (κ1) is 24.2. The Labute approximate surface area is 215 Å². The molecule has 0 heterocycles. The van der Waals surface area contributed by atoms with Gasteiger partial charge in [0.1, 0.15) is 24.1 Å². The molecule has 5 nitrogen and oxygen atoms in total. The summed E-state index contributed by atoms with van der Waals surface area (Å²) in [6.45, 7) is 0.345. The van der Waals surface area contributed by atoms with Gasteiger partial charge in [0.25, 0.3) is 5.91 Å². The maximum absolute atomic E-state index is 13.9. The van der Waals surface area contributed by atoms with Crippen LogP contribution in [0.4, 0.5) is 10.1 Å². The Hall–Kier alpha value is -3.90. The number of amides is 1. The van der Waals surface area contributed by atoms with Crippen molar-refractivity contribution < 1.29 is 18.7 Å². The fourth-order valence-electron chi connectivity index (χ4n) is 3.60. The number of ether oxygens (including phenoxy) is 2. The van der Waals surface area contributed by atoms with Crippen LogP contribution in [-0.4, -0.2) is 13.0 Å². The number of methoxy groups -OCH3 is 1. The maximum Gasteiger partial charge on any atom is 0.266 e. The summed E-state index contributed by atoms with van der Waals surface area (Å²) in [5, 5.41) is 14.2. The Bertz CT molecular complexity index is 1470. The third-order valence-corrected chi connectivity index (χ3v) is 6.10. The van der Waals surface area contributed by atoms with E-state index in [-0.39, 0.29) is 11.3 Å². The van der Waals surface area contributed by atoms with Gasteiger partial charge in [-0.05, 0) is 74.8 Å². The highest BCUT2D eigenvalue weighted by Crippen LogP contribution is 2.35. The van der Waals surface area contributed by atoms with E-state index >= 15 is 0 Å². The second kappa shape index (κ2) is 11.0. The van der Waals surface area contributed by atoms with E-state index in [1.807, 2.05) is 30.3 Å². The molecule has 0 aliphatic rings. The van der Waals surface area contributed by atoms with E-state index in [4.69, 9.17) is 9.47 Å². The molecule has 1 N–H and O–H groups in total. The topological polar surface area (TPSA) is 71.3 Å². The van der Waals surface area contributed by atoms with Gasteiger partial charge >= 0.3 is 0 Å². The molecule has 4 aromatic carbocycles. The Kier molecular flexibility index (Phi) is 7.63. The van der Waals surface area contributed by atoms with Crippen LogP contribution >= 0.6 is 22.6 Å². The van der Waals surface area contributed by atoms with Crippen LogP contribution in [0, 0.1) is 20.7 Å². The number of carbonyl (C=O) groups is 1. The minimum Gasteiger partial charge on any atom is -0.493 e. The van der Waals surface area contributed by atoms with Gasteiger partial charge in [-0.1, -0.05) is 54.6 Å².